The van der Waals surface area contributed by atoms with Crippen LogP contribution in [0.25, 0.3) is 0 Å². The fourth-order valence-electron chi connectivity index (χ4n) is 1.99. The highest BCUT2D eigenvalue weighted by Crippen LogP contribution is 2.25. The molecular formula is C15H14ClFIN. The van der Waals surface area contributed by atoms with Gasteiger partial charge in [0.2, 0.25) is 0 Å². The van der Waals surface area contributed by atoms with Crippen LogP contribution in [-0.2, 0) is 6.42 Å². The molecule has 1 nitrogen and oxygen atoms in total. The van der Waals surface area contributed by atoms with Crippen LogP contribution in [-0.4, -0.2) is 0 Å². The van der Waals surface area contributed by atoms with Crippen molar-refractivity contribution in [3.05, 3.63) is 67.5 Å². The van der Waals surface area contributed by atoms with Crippen LogP contribution in [0.4, 0.5) is 4.39 Å². The molecule has 0 amide bonds. The Morgan fingerprint density at radius 3 is 2.63 bits per heavy atom. The van der Waals surface area contributed by atoms with E-state index in [0.29, 0.717) is 11.4 Å². The number of hydrogen-bond acceptors (Lipinski definition) is 1. The summed E-state index contributed by atoms with van der Waals surface area (Å²) in [7, 11) is 0. The van der Waals surface area contributed by atoms with Crippen molar-refractivity contribution in [3.8, 4) is 0 Å². The molecule has 0 aliphatic carbocycles. The van der Waals surface area contributed by atoms with Gasteiger partial charge >= 0.3 is 0 Å². The molecule has 100 valence electrons. The van der Waals surface area contributed by atoms with E-state index in [4.69, 9.17) is 17.3 Å². The first kappa shape index (κ1) is 14.8. The van der Waals surface area contributed by atoms with Gasteiger partial charge in [0, 0.05) is 9.61 Å². The number of aryl methyl sites for hydroxylation is 1. The first-order chi connectivity index (χ1) is 8.97. The average Bonchev–Trinajstić information content (AvgIpc) is 2.36. The lowest BCUT2D eigenvalue weighted by atomic mass is 9.97. The molecule has 2 rings (SSSR count). The molecule has 1 atom stereocenters. The quantitative estimate of drug-likeness (QED) is 0.761. The minimum absolute atomic E-state index is 0.140. The summed E-state index contributed by atoms with van der Waals surface area (Å²) in [5, 5.41) is 0.712. The van der Waals surface area contributed by atoms with Gasteiger partial charge < -0.3 is 5.73 Å². The van der Waals surface area contributed by atoms with E-state index in [1.165, 1.54) is 12.1 Å². The SMILES string of the molecule is Cc1cc(F)ccc1CC(N)c1ccc(I)c(Cl)c1. The molecule has 0 fully saturated rings. The fraction of sp³-hybridized carbons (Fsp3) is 0.200. The Bertz CT molecular complexity index is 601. The molecule has 0 saturated heterocycles. The lowest BCUT2D eigenvalue weighted by Crippen LogP contribution is -2.14. The zero-order valence-corrected chi connectivity index (χ0v) is 13.4. The Morgan fingerprint density at radius 1 is 1.26 bits per heavy atom. The maximum absolute atomic E-state index is 13.1. The van der Waals surface area contributed by atoms with E-state index in [9.17, 15) is 4.39 Å². The van der Waals surface area contributed by atoms with E-state index in [-0.39, 0.29) is 11.9 Å². The smallest absolute Gasteiger partial charge is 0.123 e. The van der Waals surface area contributed by atoms with Crippen LogP contribution in [0.15, 0.2) is 36.4 Å². The van der Waals surface area contributed by atoms with E-state index < -0.39 is 0 Å². The minimum Gasteiger partial charge on any atom is -0.324 e. The van der Waals surface area contributed by atoms with Crippen LogP contribution in [0.2, 0.25) is 5.02 Å². The van der Waals surface area contributed by atoms with Crippen molar-refractivity contribution in [2.24, 2.45) is 5.73 Å². The minimum atomic E-state index is -0.216. The second kappa shape index (κ2) is 6.20. The van der Waals surface area contributed by atoms with Crippen LogP contribution in [0, 0.1) is 16.3 Å². The molecule has 0 radical (unpaired) electrons. The zero-order valence-electron chi connectivity index (χ0n) is 10.5. The van der Waals surface area contributed by atoms with Gasteiger partial charge in [0.05, 0.1) is 5.02 Å². The molecule has 0 heterocycles. The summed E-state index contributed by atoms with van der Waals surface area (Å²) < 4.78 is 14.1. The molecule has 0 aliphatic heterocycles. The van der Waals surface area contributed by atoms with Gasteiger partial charge in [-0.1, -0.05) is 23.7 Å². The van der Waals surface area contributed by atoms with Crippen molar-refractivity contribution in [2.75, 3.05) is 0 Å². The Morgan fingerprint density at radius 2 is 2.00 bits per heavy atom. The van der Waals surface area contributed by atoms with Gasteiger partial charge in [0.1, 0.15) is 5.82 Å². The summed E-state index contributed by atoms with van der Waals surface area (Å²) in [5.41, 5.74) is 9.17. The van der Waals surface area contributed by atoms with Crippen LogP contribution in [0.3, 0.4) is 0 Å². The second-order valence-electron chi connectivity index (χ2n) is 4.55. The lowest BCUT2D eigenvalue weighted by Gasteiger charge is -2.14. The van der Waals surface area contributed by atoms with Crippen molar-refractivity contribution in [3.63, 3.8) is 0 Å². The van der Waals surface area contributed by atoms with Crippen molar-refractivity contribution in [1.82, 2.24) is 0 Å². The van der Waals surface area contributed by atoms with E-state index >= 15 is 0 Å². The molecular weight excluding hydrogens is 376 g/mol. The van der Waals surface area contributed by atoms with E-state index in [2.05, 4.69) is 22.6 Å². The van der Waals surface area contributed by atoms with Gasteiger partial charge in [-0.25, -0.2) is 4.39 Å². The van der Waals surface area contributed by atoms with Crippen LogP contribution in [0.1, 0.15) is 22.7 Å². The first-order valence-corrected chi connectivity index (χ1v) is 7.38. The zero-order chi connectivity index (χ0) is 14.0. The molecule has 0 saturated carbocycles. The number of nitrogens with two attached hydrogens (primary N) is 1. The van der Waals surface area contributed by atoms with Gasteiger partial charge in [0.25, 0.3) is 0 Å². The Kier molecular flexibility index (Phi) is 4.81. The maximum atomic E-state index is 13.1. The average molecular weight is 390 g/mol. The molecule has 0 bridgehead atoms. The number of halogens is 3. The monoisotopic (exact) mass is 389 g/mol. The maximum Gasteiger partial charge on any atom is 0.123 e. The first-order valence-electron chi connectivity index (χ1n) is 5.93. The number of hydrogen-bond donors (Lipinski definition) is 1. The van der Waals surface area contributed by atoms with Crippen LogP contribution in [0.5, 0.6) is 0 Å². The molecule has 0 aliphatic rings. The third-order valence-electron chi connectivity index (χ3n) is 3.12. The normalized spacial score (nSPS) is 12.5. The van der Waals surface area contributed by atoms with Crippen molar-refractivity contribution in [2.45, 2.75) is 19.4 Å². The Hall–Kier alpha value is -0.650. The summed E-state index contributed by atoms with van der Waals surface area (Å²) in [5.74, 6) is -0.216. The van der Waals surface area contributed by atoms with E-state index in [1.807, 2.05) is 25.1 Å². The summed E-state index contributed by atoms with van der Waals surface area (Å²) >= 11 is 8.28. The van der Waals surface area contributed by atoms with Crippen LogP contribution >= 0.6 is 34.2 Å². The largest absolute Gasteiger partial charge is 0.324 e. The van der Waals surface area contributed by atoms with Gasteiger partial charge in [-0.2, -0.15) is 0 Å². The van der Waals surface area contributed by atoms with Gasteiger partial charge in [-0.05, 0) is 76.9 Å². The van der Waals surface area contributed by atoms with Gasteiger partial charge in [-0.15, -0.1) is 0 Å². The lowest BCUT2D eigenvalue weighted by molar-refractivity contribution is 0.624. The highest BCUT2D eigenvalue weighted by atomic mass is 127. The van der Waals surface area contributed by atoms with Crippen molar-refractivity contribution < 1.29 is 4.39 Å². The molecule has 2 aromatic rings. The van der Waals surface area contributed by atoms with Crippen LogP contribution < -0.4 is 5.73 Å². The summed E-state index contributed by atoms with van der Waals surface area (Å²) in [6, 6.07) is 10.5. The molecule has 4 heteroatoms. The molecule has 2 N–H and O–H groups in total. The summed E-state index contributed by atoms with van der Waals surface area (Å²) in [6.45, 7) is 1.89. The Balaban J connectivity index is 2.20. The second-order valence-corrected chi connectivity index (χ2v) is 6.12. The fourth-order valence-corrected chi connectivity index (χ4v) is 2.51. The standard InChI is InChI=1S/C15H14ClFIN/c1-9-6-12(17)4-2-10(9)8-15(19)11-3-5-14(18)13(16)7-11/h2-7,15H,8,19H2,1H3. The van der Waals surface area contributed by atoms with Gasteiger partial charge in [0.15, 0.2) is 0 Å². The Labute approximate surface area is 131 Å². The molecule has 1 unspecified atom stereocenters. The third kappa shape index (κ3) is 3.68. The number of rotatable bonds is 3. The molecule has 0 spiro atoms. The third-order valence-corrected chi connectivity index (χ3v) is 4.69. The van der Waals surface area contributed by atoms with Crippen molar-refractivity contribution >= 4 is 34.2 Å². The summed E-state index contributed by atoms with van der Waals surface area (Å²) in [6.07, 6.45) is 0.670. The van der Waals surface area contributed by atoms with Gasteiger partial charge in [-0.3, -0.25) is 0 Å². The van der Waals surface area contributed by atoms with E-state index in [0.717, 1.165) is 20.3 Å². The molecule has 2 aromatic carbocycles. The van der Waals surface area contributed by atoms with E-state index in [1.54, 1.807) is 6.07 Å². The predicted octanol–water partition coefficient (Wildman–Crippen LogP) is 4.63. The highest BCUT2D eigenvalue weighted by molar-refractivity contribution is 14.1. The molecule has 0 aromatic heterocycles. The number of benzene rings is 2. The topological polar surface area (TPSA) is 26.0 Å². The predicted molar refractivity (Wildman–Crippen MR) is 85.9 cm³/mol. The highest BCUT2D eigenvalue weighted by Gasteiger charge is 2.10. The molecule has 19 heavy (non-hydrogen) atoms. The van der Waals surface area contributed by atoms with Crippen molar-refractivity contribution in [1.29, 1.82) is 0 Å². The summed E-state index contributed by atoms with van der Waals surface area (Å²) in [4.78, 5) is 0.